The van der Waals surface area contributed by atoms with E-state index < -0.39 is 52.6 Å². The summed E-state index contributed by atoms with van der Waals surface area (Å²) < 4.78 is 30.4. The van der Waals surface area contributed by atoms with Crippen LogP contribution in [-0.2, 0) is 19.2 Å². The lowest BCUT2D eigenvalue weighted by molar-refractivity contribution is -0.131. The van der Waals surface area contributed by atoms with Crippen molar-refractivity contribution < 1.29 is 42.9 Å². The molecule has 4 aromatic rings. The number of methoxy groups -OCH3 is 3. The van der Waals surface area contributed by atoms with E-state index in [0.717, 1.165) is 22.1 Å². The molecule has 4 amide bonds. The van der Waals surface area contributed by atoms with Crippen molar-refractivity contribution in [2.75, 3.05) is 31.1 Å². The van der Waals surface area contributed by atoms with Crippen molar-refractivity contribution in [3.05, 3.63) is 118 Å². The first-order valence-corrected chi connectivity index (χ1v) is 18.6. The molecule has 2 saturated heterocycles. The summed E-state index contributed by atoms with van der Waals surface area (Å²) in [6, 6.07) is 21.0. The fourth-order valence-corrected chi connectivity index (χ4v) is 9.44. The van der Waals surface area contributed by atoms with Gasteiger partial charge in [0, 0.05) is 23.1 Å². The molecule has 286 valence electrons. The molecule has 12 heteroatoms. The van der Waals surface area contributed by atoms with Crippen molar-refractivity contribution in [3.63, 3.8) is 0 Å². The fraction of sp³-hybridized carbons (Fsp3) is 0.273. The lowest BCUT2D eigenvalue weighted by atomic mass is 9.51. The number of phenolic OH excluding ortho intramolecular Hbond substituents is 1. The Morgan fingerprint density at radius 3 is 2.16 bits per heavy atom. The lowest BCUT2D eigenvalue weighted by Gasteiger charge is -2.49. The van der Waals surface area contributed by atoms with Gasteiger partial charge in [0.25, 0.3) is 0 Å². The second-order valence-electron chi connectivity index (χ2n) is 14.7. The number of amides is 4. The highest BCUT2D eigenvalue weighted by Gasteiger charge is 2.68. The van der Waals surface area contributed by atoms with E-state index >= 15 is 0 Å². The summed E-state index contributed by atoms with van der Waals surface area (Å²) in [5, 5.41) is 11.2. The summed E-state index contributed by atoms with van der Waals surface area (Å²) >= 11 is 6.11. The largest absolute Gasteiger partial charge is 0.508 e. The van der Waals surface area contributed by atoms with Crippen molar-refractivity contribution in [2.45, 2.75) is 25.7 Å². The number of nitrogens with zero attached hydrogens (tertiary/aromatic N) is 2. The maximum absolute atomic E-state index is 14.6. The fourth-order valence-electron chi connectivity index (χ4n) is 9.27. The predicted molar refractivity (Wildman–Crippen MR) is 208 cm³/mol. The van der Waals surface area contributed by atoms with E-state index in [4.69, 9.17) is 25.8 Å². The van der Waals surface area contributed by atoms with E-state index in [9.17, 15) is 28.7 Å². The monoisotopic (exact) mass is 776 g/mol. The molecule has 8 rings (SSSR count). The molecule has 0 spiro atoms. The lowest BCUT2D eigenvalue weighted by Crippen LogP contribution is -2.48. The first-order valence-electron chi connectivity index (χ1n) is 18.2. The van der Waals surface area contributed by atoms with Gasteiger partial charge in [-0.15, -0.1) is 0 Å². The number of halogens is 2. The van der Waals surface area contributed by atoms with Crippen LogP contribution in [0.15, 0.2) is 90.5 Å². The third-order valence-electron chi connectivity index (χ3n) is 12.0. The number of anilines is 2. The number of hydrogen-bond donors (Lipinski definition) is 1. The normalized spacial score (nSPS) is 25.6. The second-order valence-corrected chi connectivity index (χ2v) is 15.1. The Balaban J connectivity index is 1.15. The predicted octanol–water partition coefficient (Wildman–Crippen LogP) is 7.82. The Morgan fingerprint density at radius 2 is 1.48 bits per heavy atom. The Labute approximate surface area is 327 Å². The van der Waals surface area contributed by atoms with Crippen LogP contribution in [0, 0.1) is 34.9 Å². The first kappa shape index (κ1) is 37.0. The minimum absolute atomic E-state index is 0.108. The van der Waals surface area contributed by atoms with Gasteiger partial charge in [-0.2, -0.15) is 0 Å². The molecular weight excluding hydrogens is 739 g/mol. The average molecular weight is 777 g/mol. The van der Waals surface area contributed by atoms with Crippen molar-refractivity contribution in [2.24, 2.45) is 29.1 Å². The number of carbonyl (C=O) groups excluding carboxylic acids is 4. The van der Waals surface area contributed by atoms with Crippen LogP contribution < -0.4 is 24.0 Å². The number of ether oxygens (including phenoxy) is 3. The van der Waals surface area contributed by atoms with Crippen LogP contribution >= 0.6 is 11.6 Å². The topological polar surface area (TPSA) is 123 Å². The molecule has 2 heterocycles. The molecule has 1 saturated carbocycles. The summed E-state index contributed by atoms with van der Waals surface area (Å²) in [6.45, 7) is 1.70. The van der Waals surface area contributed by atoms with E-state index in [-0.39, 0.29) is 41.1 Å². The smallest absolute Gasteiger partial charge is 0.241 e. The molecule has 3 fully saturated rings. The molecule has 56 heavy (non-hydrogen) atoms. The molecule has 6 atom stereocenters. The number of carbonyl (C=O) groups is 4. The minimum Gasteiger partial charge on any atom is -0.508 e. The average Bonchev–Trinajstić information content (AvgIpc) is 3.57. The van der Waals surface area contributed by atoms with Gasteiger partial charge in [0.05, 0.1) is 60.9 Å². The highest BCUT2D eigenvalue weighted by atomic mass is 35.5. The number of phenols is 1. The number of hydrogen-bond acceptors (Lipinski definition) is 8. The highest BCUT2D eigenvalue weighted by molar-refractivity contribution is 6.32. The van der Waals surface area contributed by atoms with Crippen LogP contribution in [0.3, 0.4) is 0 Å². The maximum Gasteiger partial charge on any atom is 0.241 e. The Hall–Kier alpha value is -5.94. The Bertz CT molecular complexity index is 2380. The third kappa shape index (κ3) is 5.67. The highest BCUT2D eigenvalue weighted by Crippen LogP contribution is 2.64. The van der Waals surface area contributed by atoms with Crippen LogP contribution in [0.5, 0.6) is 23.0 Å². The van der Waals surface area contributed by atoms with Gasteiger partial charge in [0.2, 0.25) is 23.6 Å². The molecule has 10 nitrogen and oxygen atoms in total. The van der Waals surface area contributed by atoms with Crippen LogP contribution in [0.4, 0.5) is 15.8 Å². The summed E-state index contributed by atoms with van der Waals surface area (Å²) in [7, 11) is 4.65. The Kier molecular flexibility index (Phi) is 9.23. The van der Waals surface area contributed by atoms with Gasteiger partial charge >= 0.3 is 0 Å². The van der Waals surface area contributed by atoms with Crippen LogP contribution in [-0.4, -0.2) is 50.1 Å². The van der Waals surface area contributed by atoms with Crippen molar-refractivity contribution >= 4 is 58.8 Å². The second kappa shape index (κ2) is 14.0. The first-order chi connectivity index (χ1) is 26.9. The molecule has 2 aliphatic heterocycles. The zero-order valence-electron chi connectivity index (χ0n) is 31.0. The molecule has 2 aliphatic carbocycles. The van der Waals surface area contributed by atoms with E-state index in [1.54, 1.807) is 45.4 Å². The zero-order chi connectivity index (χ0) is 39.6. The molecule has 4 aliphatic rings. The standard InChI is InChI=1S/C44H38ClFN2O8/c1-44-33(41(51)48(43(44)53)26-11-17-35(46)34(45)20-26)22-32-29(39(44)30-14-12-28(55-3)21-36(30)49)15-16-31-38(32)42(52)47(40(31)50)25-9-6-23(7-10-25)5-8-24-19-27(54-2)13-18-37(24)56-4/h5-15,17-21,31-33,38-39,49H,16,22H2,1-4H3/t31-,32+,33-,38-,39+,44+/m0/s1. The molecule has 0 aromatic heterocycles. The van der Waals surface area contributed by atoms with Gasteiger partial charge in [0.15, 0.2) is 0 Å². The van der Waals surface area contributed by atoms with Crippen LogP contribution in [0.25, 0.3) is 12.2 Å². The van der Waals surface area contributed by atoms with E-state index in [1.165, 1.54) is 30.2 Å². The Morgan fingerprint density at radius 1 is 0.786 bits per heavy atom. The molecule has 0 radical (unpaired) electrons. The van der Waals surface area contributed by atoms with E-state index in [1.807, 2.05) is 48.6 Å². The van der Waals surface area contributed by atoms with E-state index in [0.29, 0.717) is 34.1 Å². The van der Waals surface area contributed by atoms with Gasteiger partial charge < -0.3 is 19.3 Å². The molecule has 1 N–H and O–H groups in total. The van der Waals surface area contributed by atoms with Gasteiger partial charge in [0.1, 0.15) is 28.8 Å². The van der Waals surface area contributed by atoms with Crippen LogP contribution in [0.2, 0.25) is 5.02 Å². The quantitative estimate of drug-likeness (QED) is 0.109. The summed E-state index contributed by atoms with van der Waals surface area (Å²) in [5.41, 5.74) is 1.85. The zero-order valence-corrected chi connectivity index (χ0v) is 31.7. The van der Waals surface area contributed by atoms with E-state index in [2.05, 4.69) is 0 Å². The molecule has 0 bridgehead atoms. The van der Waals surface area contributed by atoms with Crippen molar-refractivity contribution in [1.29, 1.82) is 0 Å². The molecule has 4 aromatic carbocycles. The van der Waals surface area contributed by atoms with Gasteiger partial charge in [-0.1, -0.05) is 53.6 Å². The number of rotatable bonds is 8. The number of allylic oxidation sites excluding steroid dienone is 2. The summed E-state index contributed by atoms with van der Waals surface area (Å²) in [6.07, 6.45) is 6.03. The third-order valence-corrected chi connectivity index (χ3v) is 12.3. The number of fused-ring (bicyclic) bond motifs is 4. The van der Waals surface area contributed by atoms with Crippen LogP contribution in [0.1, 0.15) is 42.4 Å². The summed E-state index contributed by atoms with van der Waals surface area (Å²) in [4.78, 5) is 60.1. The summed E-state index contributed by atoms with van der Waals surface area (Å²) in [5.74, 6) is -4.78. The maximum atomic E-state index is 14.6. The number of imide groups is 2. The van der Waals surface area contributed by atoms with Crippen molar-refractivity contribution in [3.8, 4) is 23.0 Å². The minimum atomic E-state index is -1.41. The molecular formula is C44H38ClFN2O8. The number of benzene rings is 4. The SMILES string of the molecule is COc1ccc([C@H]2C3=CC[C@@H]4C(=O)N(c5ccc(C=Cc6cc(OC)ccc6OC)cc5)C(=O)[C@@H]4[C@@H]3C[C@H]3C(=O)N(c4ccc(F)c(Cl)c4)C(=O)[C@@]23C)c(O)c1. The molecule has 0 unspecified atom stereocenters. The van der Waals surface area contributed by atoms with Gasteiger partial charge in [-0.3, -0.25) is 24.1 Å². The van der Waals surface area contributed by atoms with Gasteiger partial charge in [-0.25, -0.2) is 9.29 Å². The number of aromatic hydroxyl groups is 1. The van der Waals surface area contributed by atoms with Crippen molar-refractivity contribution in [1.82, 2.24) is 0 Å². The van der Waals surface area contributed by atoms with Gasteiger partial charge in [-0.05, 0) is 85.8 Å².